The first-order valence-corrected chi connectivity index (χ1v) is 18.2. The lowest BCUT2D eigenvalue weighted by Crippen LogP contribution is -2.45. The predicted molar refractivity (Wildman–Crippen MR) is 175 cm³/mol. The number of aliphatic hydroxyl groups excluding tert-OH is 2. The summed E-state index contributed by atoms with van der Waals surface area (Å²) in [5.41, 5.74) is 0. The molecule has 0 aromatic carbocycles. The van der Waals surface area contributed by atoms with Crippen molar-refractivity contribution in [1.82, 2.24) is 5.32 Å². The lowest BCUT2D eigenvalue weighted by atomic mass is 10.0. The summed E-state index contributed by atoms with van der Waals surface area (Å²) in [5.74, 6) is -0.0426. The summed E-state index contributed by atoms with van der Waals surface area (Å²) in [5, 5.41) is 22.8. The van der Waals surface area contributed by atoms with E-state index < -0.39 is 12.1 Å². The van der Waals surface area contributed by atoms with Crippen molar-refractivity contribution in [1.29, 1.82) is 0 Å². The van der Waals surface area contributed by atoms with E-state index in [0.717, 1.165) is 25.7 Å². The average Bonchev–Trinajstić information content (AvgIpc) is 2.96. The SMILES string of the molecule is CCCCCCCCCCCCCCCCCCCCCCCCCC(O)C(CO)NC(=O)CCCCCCC. The minimum Gasteiger partial charge on any atom is -0.394 e. The van der Waals surface area contributed by atoms with E-state index in [2.05, 4.69) is 19.2 Å². The van der Waals surface area contributed by atoms with Gasteiger partial charge in [-0.15, -0.1) is 0 Å². The van der Waals surface area contributed by atoms with Crippen molar-refractivity contribution in [2.24, 2.45) is 0 Å². The van der Waals surface area contributed by atoms with Crippen LogP contribution in [-0.2, 0) is 4.79 Å². The van der Waals surface area contributed by atoms with Crippen molar-refractivity contribution in [3.05, 3.63) is 0 Å². The summed E-state index contributed by atoms with van der Waals surface area (Å²) in [4.78, 5) is 12.1. The average molecular weight is 568 g/mol. The third-order valence-electron chi connectivity index (χ3n) is 8.62. The lowest BCUT2D eigenvalue weighted by Gasteiger charge is -2.22. The molecule has 0 rings (SSSR count). The van der Waals surface area contributed by atoms with Crippen LogP contribution >= 0.6 is 0 Å². The van der Waals surface area contributed by atoms with Crippen LogP contribution < -0.4 is 5.32 Å². The van der Waals surface area contributed by atoms with Crippen LogP contribution in [0.4, 0.5) is 0 Å². The largest absolute Gasteiger partial charge is 0.394 e. The fraction of sp³-hybridized carbons (Fsp3) is 0.972. The zero-order valence-corrected chi connectivity index (χ0v) is 27.4. The Kier molecular flexibility index (Phi) is 32.4. The van der Waals surface area contributed by atoms with Crippen LogP contribution in [0.15, 0.2) is 0 Å². The van der Waals surface area contributed by atoms with Crippen LogP contribution in [0.25, 0.3) is 0 Å². The highest BCUT2D eigenvalue weighted by molar-refractivity contribution is 5.76. The maximum atomic E-state index is 12.1. The molecule has 2 unspecified atom stereocenters. The van der Waals surface area contributed by atoms with Gasteiger partial charge in [0.2, 0.25) is 5.91 Å². The van der Waals surface area contributed by atoms with E-state index in [9.17, 15) is 15.0 Å². The van der Waals surface area contributed by atoms with Crippen LogP contribution in [0.2, 0.25) is 0 Å². The van der Waals surface area contributed by atoms with Gasteiger partial charge in [-0.2, -0.15) is 0 Å². The molecule has 0 aliphatic carbocycles. The van der Waals surface area contributed by atoms with Crippen molar-refractivity contribution in [2.45, 2.75) is 219 Å². The molecule has 3 N–H and O–H groups in total. The second kappa shape index (κ2) is 32.9. The van der Waals surface area contributed by atoms with Crippen LogP contribution in [0.3, 0.4) is 0 Å². The van der Waals surface area contributed by atoms with Crippen molar-refractivity contribution >= 4 is 5.91 Å². The van der Waals surface area contributed by atoms with Gasteiger partial charge < -0.3 is 15.5 Å². The number of rotatable bonds is 33. The monoisotopic (exact) mass is 568 g/mol. The molecule has 40 heavy (non-hydrogen) atoms. The van der Waals surface area contributed by atoms with Gasteiger partial charge in [0.15, 0.2) is 0 Å². The first-order chi connectivity index (χ1) is 19.7. The van der Waals surface area contributed by atoms with E-state index in [1.807, 2.05) is 0 Å². The summed E-state index contributed by atoms with van der Waals surface area (Å²) in [7, 11) is 0. The number of amides is 1. The molecule has 0 aliphatic rings. The minimum atomic E-state index is -0.649. The smallest absolute Gasteiger partial charge is 0.220 e. The number of hydrogen-bond donors (Lipinski definition) is 3. The zero-order valence-electron chi connectivity index (χ0n) is 27.4. The van der Waals surface area contributed by atoms with Crippen molar-refractivity contribution < 1.29 is 15.0 Å². The normalized spacial score (nSPS) is 13.0. The Hall–Kier alpha value is -0.610. The Labute approximate surface area is 251 Å². The van der Waals surface area contributed by atoms with Gasteiger partial charge in [-0.05, 0) is 12.8 Å². The number of hydrogen-bond acceptors (Lipinski definition) is 3. The number of unbranched alkanes of at least 4 members (excludes halogenated alkanes) is 26. The summed E-state index contributed by atoms with van der Waals surface area (Å²) in [6.45, 7) is 4.28. The molecule has 0 aromatic heterocycles. The maximum Gasteiger partial charge on any atom is 0.220 e. The molecule has 0 spiro atoms. The van der Waals surface area contributed by atoms with Gasteiger partial charge in [0, 0.05) is 6.42 Å². The molecule has 4 nitrogen and oxygen atoms in total. The first kappa shape index (κ1) is 39.4. The first-order valence-electron chi connectivity index (χ1n) is 18.2. The summed E-state index contributed by atoms with van der Waals surface area (Å²) < 4.78 is 0. The van der Waals surface area contributed by atoms with Gasteiger partial charge in [0.25, 0.3) is 0 Å². The number of aliphatic hydroxyl groups is 2. The number of carbonyl (C=O) groups is 1. The van der Waals surface area contributed by atoms with E-state index in [1.165, 1.54) is 154 Å². The Balaban J connectivity index is 3.37. The van der Waals surface area contributed by atoms with Crippen molar-refractivity contribution in [3.63, 3.8) is 0 Å². The van der Waals surface area contributed by atoms with Crippen LogP contribution in [0.5, 0.6) is 0 Å². The van der Waals surface area contributed by atoms with E-state index in [1.54, 1.807) is 0 Å². The van der Waals surface area contributed by atoms with Crippen LogP contribution in [0.1, 0.15) is 206 Å². The van der Waals surface area contributed by atoms with E-state index in [0.29, 0.717) is 12.8 Å². The van der Waals surface area contributed by atoms with Crippen LogP contribution in [0, 0.1) is 0 Å². The maximum absolute atomic E-state index is 12.1. The van der Waals surface area contributed by atoms with Gasteiger partial charge in [0.1, 0.15) is 0 Å². The topological polar surface area (TPSA) is 69.6 Å². The molecule has 0 bridgehead atoms. The van der Waals surface area contributed by atoms with Gasteiger partial charge in [-0.3, -0.25) is 4.79 Å². The highest BCUT2D eigenvalue weighted by atomic mass is 16.3. The second-order valence-electron chi connectivity index (χ2n) is 12.7. The molecule has 0 aromatic rings. The third kappa shape index (κ3) is 28.9. The highest BCUT2D eigenvalue weighted by Crippen LogP contribution is 2.16. The third-order valence-corrected chi connectivity index (χ3v) is 8.62. The summed E-state index contributed by atoms with van der Waals surface area (Å²) in [6, 6.07) is -0.525. The molecule has 240 valence electrons. The Morgan fingerprint density at radius 3 is 1.12 bits per heavy atom. The molecule has 0 radical (unpaired) electrons. The molecule has 0 fully saturated rings. The van der Waals surface area contributed by atoms with Gasteiger partial charge in [0.05, 0.1) is 18.8 Å². The highest BCUT2D eigenvalue weighted by Gasteiger charge is 2.19. The van der Waals surface area contributed by atoms with E-state index >= 15 is 0 Å². The number of nitrogens with one attached hydrogen (secondary N) is 1. The summed E-state index contributed by atoms with van der Waals surface area (Å²) >= 11 is 0. The molecule has 1 amide bonds. The minimum absolute atomic E-state index is 0.0426. The fourth-order valence-corrected chi connectivity index (χ4v) is 5.77. The molecule has 0 saturated heterocycles. The lowest BCUT2D eigenvalue weighted by molar-refractivity contribution is -0.123. The summed E-state index contributed by atoms with van der Waals surface area (Å²) in [6.07, 6.45) is 37.7. The molecule has 0 saturated carbocycles. The van der Waals surface area contributed by atoms with Crippen molar-refractivity contribution in [2.75, 3.05) is 6.61 Å². The van der Waals surface area contributed by atoms with Crippen molar-refractivity contribution in [3.8, 4) is 0 Å². The molecular weight excluding hydrogens is 494 g/mol. The Bertz CT molecular complexity index is 498. The molecule has 4 heteroatoms. The standard InChI is InChI=1S/C36H73NO3/c1-3-5-7-9-10-11-12-13-14-15-16-17-18-19-20-21-22-23-24-25-26-28-29-31-35(39)34(33-38)37-36(40)32-30-27-8-6-4-2/h34-35,38-39H,3-33H2,1-2H3,(H,37,40). The van der Waals surface area contributed by atoms with E-state index in [-0.39, 0.29) is 12.5 Å². The van der Waals surface area contributed by atoms with Gasteiger partial charge >= 0.3 is 0 Å². The fourth-order valence-electron chi connectivity index (χ4n) is 5.77. The van der Waals surface area contributed by atoms with Gasteiger partial charge in [-0.25, -0.2) is 0 Å². The Morgan fingerprint density at radius 1 is 0.500 bits per heavy atom. The Morgan fingerprint density at radius 2 is 0.800 bits per heavy atom. The molecule has 0 aliphatic heterocycles. The van der Waals surface area contributed by atoms with Gasteiger partial charge in [-0.1, -0.05) is 187 Å². The zero-order chi connectivity index (χ0) is 29.4. The van der Waals surface area contributed by atoms with Crippen LogP contribution in [-0.4, -0.2) is 34.9 Å². The molecule has 2 atom stereocenters. The number of carbonyl (C=O) groups excluding carboxylic acids is 1. The van der Waals surface area contributed by atoms with E-state index in [4.69, 9.17) is 0 Å². The second-order valence-corrected chi connectivity index (χ2v) is 12.7. The molecule has 0 heterocycles. The molecular formula is C36H73NO3. The quantitative estimate of drug-likeness (QED) is 0.0691. The predicted octanol–water partition coefficient (Wildman–Crippen LogP) is 10.6.